The summed E-state index contributed by atoms with van der Waals surface area (Å²) in [4.78, 5) is 12.0. The number of pyridine rings is 1. The molecule has 3 atom stereocenters. The molecule has 2 aliphatic heterocycles. The van der Waals surface area contributed by atoms with Crippen LogP contribution in [0.4, 0.5) is 0 Å². The third-order valence-corrected chi connectivity index (χ3v) is 6.23. The minimum atomic E-state index is -0.0697. The topological polar surface area (TPSA) is 47.0 Å². The van der Waals surface area contributed by atoms with Crippen molar-refractivity contribution in [2.45, 2.75) is 38.1 Å². The second kappa shape index (κ2) is 8.21. The fraction of sp³-hybridized carbons (Fsp3) is 0.429. The number of hydrogen-bond acceptors (Lipinski definition) is 6. The minimum Gasteiger partial charge on any atom is -0.490 e. The number of thioether (sulfide) groups is 1. The van der Waals surface area contributed by atoms with Gasteiger partial charge >= 0.3 is 0 Å². The molecule has 0 radical (unpaired) electrons. The summed E-state index contributed by atoms with van der Waals surface area (Å²) < 4.78 is 11.6. The molecule has 0 amide bonds. The molecule has 0 N–H and O–H groups in total. The van der Waals surface area contributed by atoms with Crippen molar-refractivity contribution in [2.24, 2.45) is 4.99 Å². The van der Waals surface area contributed by atoms with Gasteiger partial charge in [0.25, 0.3) is 0 Å². The summed E-state index contributed by atoms with van der Waals surface area (Å²) in [6.07, 6.45) is 1.82. The van der Waals surface area contributed by atoms with E-state index in [0.29, 0.717) is 35.0 Å². The molecule has 148 valence electrons. The van der Waals surface area contributed by atoms with Gasteiger partial charge in [-0.25, -0.2) is 0 Å². The van der Waals surface area contributed by atoms with E-state index in [9.17, 15) is 0 Å². The second-order valence-electron chi connectivity index (χ2n) is 6.83. The fourth-order valence-corrected chi connectivity index (χ4v) is 5.15. The Morgan fingerprint density at radius 2 is 2.04 bits per heavy atom. The third-order valence-electron chi connectivity index (χ3n) is 4.84. The number of benzene rings is 1. The van der Waals surface area contributed by atoms with Crippen molar-refractivity contribution in [3.8, 4) is 11.5 Å². The van der Waals surface area contributed by atoms with E-state index in [1.54, 1.807) is 0 Å². The van der Waals surface area contributed by atoms with E-state index in [0.717, 1.165) is 23.0 Å². The average Bonchev–Trinajstić information content (AvgIpc) is 3.21. The predicted molar refractivity (Wildman–Crippen MR) is 115 cm³/mol. The first kappa shape index (κ1) is 19.4. The highest BCUT2D eigenvalue weighted by molar-refractivity contribution is 8.14. The van der Waals surface area contributed by atoms with Crippen LogP contribution in [0.25, 0.3) is 0 Å². The molecule has 1 saturated heterocycles. The van der Waals surface area contributed by atoms with Crippen LogP contribution in [0.3, 0.4) is 0 Å². The molecule has 5 nitrogen and oxygen atoms in total. The molecular formula is C21H24ClN3O2S. The maximum Gasteiger partial charge on any atom is 0.179 e. The van der Waals surface area contributed by atoms with Gasteiger partial charge in [0.2, 0.25) is 0 Å². The molecule has 3 heterocycles. The maximum atomic E-state index is 6.61. The highest BCUT2D eigenvalue weighted by Crippen LogP contribution is 2.49. The van der Waals surface area contributed by atoms with Gasteiger partial charge in [-0.1, -0.05) is 36.4 Å². The summed E-state index contributed by atoms with van der Waals surface area (Å²) in [6, 6.07) is 9.98. The molecule has 0 spiro atoms. The first-order valence-corrected chi connectivity index (χ1v) is 10.9. The monoisotopic (exact) mass is 417 g/mol. The Morgan fingerprint density at radius 1 is 1.21 bits per heavy atom. The second-order valence-corrected chi connectivity index (χ2v) is 8.65. The largest absolute Gasteiger partial charge is 0.490 e. The van der Waals surface area contributed by atoms with Gasteiger partial charge in [-0.15, -0.1) is 0 Å². The quantitative estimate of drug-likeness (QED) is 0.652. The van der Waals surface area contributed by atoms with Crippen LogP contribution in [0, 0.1) is 0 Å². The first-order valence-electron chi connectivity index (χ1n) is 9.63. The molecule has 0 saturated carbocycles. The Balaban J connectivity index is 1.79. The number of hydrogen-bond donors (Lipinski definition) is 0. The zero-order chi connectivity index (χ0) is 19.7. The summed E-state index contributed by atoms with van der Waals surface area (Å²) in [7, 11) is 0. The van der Waals surface area contributed by atoms with E-state index >= 15 is 0 Å². The van der Waals surface area contributed by atoms with Crippen LogP contribution in [0.5, 0.6) is 11.5 Å². The van der Waals surface area contributed by atoms with Crippen molar-refractivity contribution in [2.75, 3.05) is 19.8 Å². The Hall–Kier alpha value is -1.92. The van der Waals surface area contributed by atoms with Crippen molar-refractivity contribution in [3.05, 3.63) is 52.8 Å². The average molecular weight is 418 g/mol. The van der Waals surface area contributed by atoms with E-state index in [2.05, 4.69) is 16.8 Å². The summed E-state index contributed by atoms with van der Waals surface area (Å²) in [5, 5.41) is 2.16. The van der Waals surface area contributed by atoms with Crippen molar-refractivity contribution in [3.63, 3.8) is 0 Å². The minimum absolute atomic E-state index is 0.0368. The van der Waals surface area contributed by atoms with Crippen LogP contribution in [0.2, 0.25) is 5.02 Å². The lowest BCUT2D eigenvalue weighted by Crippen LogP contribution is -2.28. The smallest absolute Gasteiger partial charge is 0.179 e. The van der Waals surface area contributed by atoms with Crippen LogP contribution in [-0.4, -0.2) is 40.1 Å². The SMILES string of the molecule is CCOc1cc([C@@H]2[C@@H](c3ccccn3)N=C3S[C@H](C)CN32)cc(Cl)c1OCC. The third kappa shape index (κ3) is 3.55. The molecule has 1 aromatic carbocycles. The fourth-order valence-electron chi connectivity index (χ4n) is 3.78. The van der Waals surface area contributed by atoms with Gasteiger partial charge in [0.1, 0.15) is 6.04 Å². The van der Waals surface area contributed by atoms with E-state index in [1.807, 2.05) is 62.1 Å². The zero-order valence-electron chi connectivity index (χ0n) is 16.3. The molecule has 1 fully saturated rings. The number of rotatable bonds is 6. The Morgan fingerprint density at radius 3 is 2.75 bits per heavy atom. The standard InChI is InChI=1S/C21H24ClN3O2S/c1-4-26-17-11-14(10-15(22)20(17)27-5-2)19-18(16-8-6-7-9-23-16)24-21-25(19)12-13(3)28-21/h6-11,13,18-19H,4-5,12H2,1-3H3/t13-,18-,19-/m1/s1. The van der Waals surface area contributed by atoms with Gasteiger partial charge in [-0.05, 0) is 43.7 Å². The summed E-state index contributed by atoms with van der Waals surface area (Å²) in [5.41, 5.74) is 2.03. The molecule has 1 aromatic heterocycles. The van der Waals surface area contributed by atoms with Crippen LogP contribution >= 0.6 is 23.4 Å². The Kier molecular flexibility index (Phi) is 5.69. The summed E-state index contributed by atoms with van der Waals surface area (Å²) in [6.45, 7) is 8.17. The van der Waals surface area contributed by atoms with Gasteiger partial charge in [0, 0.05) is 18.0 Å². The van der Waals surface area contributed by atoms with Gasteiger partial charge in [-0.2, -0.15) is 0 Å². The lowest BCUT2D eigenvalue weighted by atomic mass is 9.96. The normalized spacial score (nSPS) is 23.5. The number of aliphatic imine (C=N–C) groups is 1. The predicted octanol–water partition coefficient (Wildman–Crippen LogP) is 5.12. The molecule has 0 aliphatic carbocycles. The number of nitrogens with zero attached hydrogens (tertiary/aromatic N) is 3. The Labute approximate surface area is 175 Å². The lowest BCUT2D eigenvalue weighted by Gasteiger charge is -2.28. The summed E-state index contributed by atoms with van der Waals surface area (Å²) >= 11 is 8.43. The molecule has 7 heteroatoms. The van der Waals surface area contributed by atoms with Gasteiger partial charge < -0.3 is 14.4 Å². The van der Waals surface area contributed by atoms with Crippen LogP contribution < -0.4 is 9.47 Å². The van der Waals surface area contributed by atoms with Crippen LogP contribution in [0.1, 0.15) is 44.1 Å². The van der Waals surface area contributed by atoms with E-state index in [1.165, 1.54) is 0 Å². The number of fused-ring (bicyclic) bond motifs is 1. The van der Waals surface area contributed by atoms with Crippen LogP contribution in [-0.2, 0) is 0 Å². The molecule has 28 heavy (non-hydrogen) atoms. The number of amidine groups is 1. The Bertz CT molecular complexity index is 877. The van der Waals surface area contributed by atoms with Crippen molar-refractivity contribution < 1.29 is 9.47 Å². The maximum absolute atomic E-state index is 6.61. The van der Waals surface area contributed by atoms with E-state index < -0.39 is 0 Å². The molecule has 0 bridgehead atoms. The number of aromatic nitrogens is 1. The molecular weight excluding hydrogens is 394 g/mol. The first-order chi connectivity index (χ1) is 13.6. The molecule has 2 aliphatic rings. The van der Waals surface area contributed by atoms with E-state index in [4.69, 9.17) is 26.1 Å². The molecule has 0 unspecified atom stereocenters. The summed E-state index contributed by atoms with van der Waals surface area (Å²) in [5.74, 6) is 1.28. The van der Waals surface area contributed by atoms with Gasteiger partial charge in [-0.3, -0.25) is 9.98 Å². The van der Waals surface area contributed by atoms with Gasteiger partial charge in [0.05, 0.1) is 30.0 Å². The van der Waals surface area contributed by atoms with Crippen molar-refractivity contribution in [1.82, 2.24) is 9.88 Å². The number of halogens is 1. The molecule has 4 rings (SSSR count). The van der Waals surface area contributed by atoms with Crippen LogP contribution in [0.15, 0.2) is 41.5 Å². The van der Waals surface area contributed by atoms with Crippen molar-refractivity contribution in [1.29, 1.82) is 0 Å². The number of ether oxygens (including phenoxy) is 2. The van der Waals surface area contributed by atoms with Crippen molar-refractivity contribution >= 4 is 28.5 Å². The molecule has 2 aromatic rings. The highest BCUT2D eigenvalue weighted by Gasteiger charge is 2.44. The van der Waals surface area contributed by atoms with E-state index in [-0.39, 0.29) is 12.1 Å². The zero-order valence-corrected chi connectivity index (χ0v) is 17.8. The highest BCUT2D eigenvalue weighted by atomic mass is 35.5. The lowest BCUT2D eigenvalue weighted by molar-refractivity contribution is 0.284. The van der Waals surface area contributed by atoms with Gasteiger partial charge in [0.15, 0.2) is 16.7 Å².